The van der Waals surface area contributed by atoms with Crippen LogP contribution in [0, 0.1) is 46.3 Å². The lowest BCUT2D eigenvalue weighted by atomic mass is 9.43. The van der Waals surface area contributed by atoms with Crippen LogP contribution in [0.3, 0.4) is 0 Å². The maximum absolute atomic E-state index is 8.85. The van der Waals surface area contributed by atoms with Crippen molar-refractivity contribution in [3.63, 3.8) is 0 Å². The van der Waals surface area contributed by atoms with Crippen molar-refractivity contribution in [3.8, 4) is 6.07 Å². The second-order valence-corrected chi connectivity index (χ2v) is 8.58. The Bertz CT molecular complexity index is 380. The predicted octanol–water partition coefficient (Wildman–Crippen LogP) is 3.73. The highest BCUT2D eigenvalue weighted by Crippen LogP contribution is 2.65. The van der Waals surface area contributed by atoms with Crippen molar-refractivity contribution < 1.29 is 0 Å². The van der Waals surface area contributed by atoms with E-state index in [2.05, 4.69) is 11.4 Å². The number of nitrogens with one attached hydrogen (secondary N) is 1. The van der Waals surface area contributed by atoms with Crippen LogP contribution in [-0.4, -0.2) is 12.6 Å². The summed E-state index contributed by atoms with van der Waals surface area (Å²) >= 11 is 0. The summed E-state index contributed by atoms with van der Waals surface area (Å²) in [5.41, 5.74) is 0.758. The van der Waals surface area contributed by atoms with Gasteiger partial charge in [-0.1, -0.05) is 0 Å². The van der Waals surface area contributed by atoms with Crippen LogP contribution in [0.4, 0.5) is 0 Å². The molecule has 1 unspecified atom stereocenters. The molecule has 0 aromatic heterocycles. The molecule has 0 amide bonds. The molecule has 0 aromatic rings. The summed E-state index contributed by atoms with van der Waals surface area (Å²) in [5.74, 6) is 4.44. The number of hydrogen-bond donors (Lipinski definition) is 1. The van der Waals surface area contributed by atoms with E-state index >= 15 is 0 Å². The Morgan fingerprint density at radius 3 is 2.10 bits per heavy atom. The first-order chi connectivity index (χ1) is 9.67. The number of rotatable bonds is 4. The van der Waals surface area contributed by atoms with E-state index < -0.39 is 0 Å². The highest BCUT2D eigenvalue weighted by molar-refractivity contribution is 5.07. The largest absolute Gasteiger partial charge is 0.313 e. The van der Waals surface area contributed by atoms with Gasteiger partial charge in [0.05, 0.1) is 12.0 Å². The minimum atomic E-state index is 0.161. The SMILES string of the molecule is CC(C#N)CNC1CC(C23CC4CC(CC(C4)C2)C3)C1. The van der Waals surface area contributed by atoms with E-state index in [1.54, 1.807) is 38.5 Å². The average Bonchev–Trinajstić information content (AvgIpc) is 2.34. The molecule has 0 spiro atoms. The Kier molecular flexibility index (Phi) is 3.11. The zero-order valence-electron chi connectivity index (χ0n) is 12.8. The van der Waals surface area contributed by atoms with Crippen molar-refractivity contribution in [2.24, 2.45) is 35.0 Å². The van der Waals surface area contributed by atoms with Gasteiger partial charge in [0.1, 0.15) is 0 Å². The van der Waals surface area contributed by atoms with Gasteiger partial charge in [-0.3, -0.25) is 0 Å². The zero-order chi connectivity index (χ0) is 13.7. The van der Waals surface area contributed by atoms with E-state index in [-0.39, 0.29) is 5.92 Å². The summed E-state index contributed by atoms with van der Waals surface area (Å²) in [6, 6.07) is 3.04. The second kappa shape index (κ2) is 4.73. The minimum Gasteiger partial charge on any atom is -0.313 e. The molecule has 110 valence electrons. The molecule has 5 rings (SSSR count). The summed E-state index contributed by atoms with van der Waals surface area (Å²) in [7, 11) is 0. The topological polar surface area (TPSA) is 35.8 Å². The van der Waals surface area contributed by atoms with Crippen LogP contribution in [0.25, 0.3) is 0 Å². The van der Waals surface area contributed by atoms with Crippen LogP contribution in [0.15, 0.2) is 0 Å². The Balaban J connectivity index is 1.33. The molecule has 5 aliphatic carbocycles. The van der Waals surface area contributed by atoms with Crippen LogP contribution in [0.5, 0.6) is 0 Å². The smallest absolute Gasteiger partial charge is 0.0666 e. The molecule has 4 bridgehead atoms. The fraction of sp³-hybridized carbons (Fsp3) is 0.944. The Hall–Kier alpha value is -0.550. The lowest BCUT2D eigenvalue weighted by molar-refractivity contribution is -0.112. The Morgan fingerprint density at radius 1 is 1.05 bits per heavy atom. The lowest BCUT2D eigenvalue weighted by Gasteiger charge is -2.62. The quantitative estimate of drug-likeness (QED) is 0.846. The van der Waals surface area contributed by atoms with Crippen molar-refractivity contribution in [1.82, 2.24) is 5.32 Å². The predicted molar refractivity (Wildman–Crippen MR) is 79.9 cm³/mol. The number of nitrogens with zero attached hydrogens (tertiary/aromatic N) is 1. The van der Waals surface area contributed by atoms with Gasteiger partial charge in [0.2, 0.25) is 0 Å². The fourth-order valence-electron chi connectivity index (χ4n) is 6.35. The van der Waals surface area contributed by atoms with Crippen molar-refractivity contribution >= 4 is 0 Å². The molecule has 0 aliphatic heterocycles. The summed E-state index contributed by atoms with van der Waals surface area (Å²) < 4.78 is 0. The first-order valence-corrected chi connectivity index (χ1v) is 8.80. The highest BCUT2D eigenvalue weighted by atomic mass is 14.9. The molecule has 0 saturated heterocycles. The van der Waals surface area contributed by atoms with E-state index in [0.717, 1.165) is 35.6 Å². The first-order valence-electron chi connectivity index (χ1n) is 8.80. The summed E-state index contributed by atoms with van der Waals surface area (Å²) in [5, 5.41) is 12.5. The molecule has 1 N–H and O–H groups in total. The minimum absolute atomic E-state index is 0.161. The van der Waals surface area contributed by atoms with E-state index in [0.29, 0.717) is 6.04 Å². The molecule has 0 heterocycles. The van der Waals surface area contributed by atoms with Gasteiger partial charge < -0.3 is 5.32 Å². The zero-order valence-corrected chi connectivity index (χ0v) is 12.8. The Labute approximate surface area is 123 Å². The van der Waals surface area contributed by atoms with Gasteiger partial charge in [-0.25, -0.2) is 0 Å². The van der Waals surface area contributed by atoms with Crippen molar-refractivity contribution in [2.45, 2.75) is 64.3 Å². The normalized spacial score (nSPS) is 50.5. The third kappa shape index (κ3) is 2.10. The molecule has 1 atom stereocenters. The molecule has 5 fully saturated rings. The van der Waals surface area contributed by atoms with Crippen LogP contribution < -0.4 is 5.32 Å². The first kappa shape index (κ1) is 13.1. The fourth-order valence-corrected chi connectivity index (χ4v) is 6.35. The molecular weight excluding hydrogens is 244 g/mol. The lowest BCUT2D eigenvalue weighted by Crippen LogP contribution is -2.56. The van der Waals surface area contributed by atoms with Crippen molar-refractivity contribution in [3.05, 3.63) is 0 Å². The molecule has 2 heteroatoms. The van der Waals surface area contributed by atoms with E-state index in [9.17, 15) is 0 Å². The van der Waals surface area contributed by atoms with E-state index in [1.807, 2.05) is 6.92 Å². The molecule has 0 aromatic carbocycles. The van der Waals surface area contributed by atoms with E-state index in [4.69, 9.17) is 5.26 Å². The molecular formula is C18H28N2. The summed E-state index contributed by atoms with van der Waals surface area (Å²) in [4.78, 5) is 0. The van der Waals surface area contributed by atoms with Crippen LogP contribution >= 0.6 is 0 Å². The standard InChI is InChI=1S/C18H28N2/c1-12(10-19)11-20-17-5-16(6-17)18-7-13-2-14(8-18)4-15(3-13)9-18/h12-17,20H,2-9,11H2,1H3. The third-order valence-electron chi connectivity index (χ3n) is 7.02. The van der Waals surface area contributed by atoms with E-state index in [1.165, 1.54) is 12.8 Å². The summed E-state index contributed by atoms with van der Waals surface area (Å²) in [6.07, 6.45) is 12.2. The van der Waals surface area contributed by atoms with Gasteiger partial charge in [-0.15, -0.1) is 0 Å². The maximum Gasteiger partial charge on any atom is 0.0666 e. The molecule has 2 nitrogen and oxygen atoms in total. The molecule has 5 saturated carbocycles. The van der Waals surface area contributed by atoms with Crippen molar-refractivity contribution in [1.29, 1.82) is 5.26 Å². The average molecular weight is 272 g/mol. The van der Waals surface area contributed by atoms with Gasteiger partial charge in [-0.2, -0.15) is 5.26 Å². The van der Waals surface area contributed by atoms with Crippen LogP contribution in [-0.2, 0) is 0 Å². The molecule has 20 heavy (non-hydrogen) atoms. The van der Waals surface area contributed by atoms with Gasteiger partial charge in [-0.05, 0) is 87.4 Å². The summed E-state index contributed by atoms with van der Waals surface area (Å²) in [6.45, 7) is 2.90. The Morgan fingerprint density at radius 2 is 1.60 bits per heavy atom. The molecule has 5 aliphatic rings. The third-order valence-corrected chi connectivity index (χ3v) is 7.02. The van der Waals surface area contributed by atoms with Crippen LogP contribution in [0.2, 0.25) is 0 Å². The van der Waals surface area contributed by atoms with Gasteiger partial charge in [0, 0.05) is 12.6 Å². The van der Waals surface area contributed by atoms with Gasteiger partial charge in [0.25, 0.3) is 0 Å². The number of hydrogen-bond acceptors (Lipinski definition) is 2. The molecule has 0 radical (unpaired) electrons. The maximum atomic E-state index is 8.85. The van der Waals surface area contributed by atoms with Crippen molar-refractivity contribution in [2.75, 3.05) is 6.54 Å². The second-order valence-electron chi connectivity index (χ2n) is 8.58. The van der Waals surface area contributed by atoms with Gasteiger partial charge >= 0.3 is 0 Å². The number of nitriles is 1. The van der Waals surface area contributed by atoms with Gasteiger partial charge in [0.15, 0.2) is 0 Å². The highest BCUT2D eigenvalue weighted by Gasteiger charge is 2.56. The monoisotopic (exact) mass is 272 g/mol. The van der Waals surface area contributed by atoms with Crippen LogP contribution in [0.1, 0.15) is 58.3 Å².